The fourth-order valence-electron chi connectivity index (χ4n) is 1.45. The van der Waals surface area contributed by atoms with Gasteiger partial charge in [0, 0.05) is 19.5 Å². The molecule has 5 nitrogen and oxygen atoms in total. The van der Waals surface area contributed by atoms with Gasteiger partial charge in [-0.05, 0) is 6.42 Å². The Morgan fingerprint density at radius 3 is 3.06 bits per heavy atom. The number of ether oxygens (including phenoxy) is 1. The monoisotopic (exact) mass is 226 g/mol. The Hall–Kier alpha value is -1.36. The van der Waals surface area contributed by atoms with E-state index in [1.54, 1.807) is 6.08 Å². The first-order valence-electron chi connectivity index (χ1n) is 5.47. The van der Waals surface area contributed by atoms with Gasteiger partial charge in [0.25, 0.3) is 0 Å². The standard InChI is InChI=1S/C11H18N2O3/c1-2-3-5-16-6-4-12-11(15)9-7-10(14)13-8-9/h2,9H,1,3-8H2,(H,12,15)(H,13,14). The maximum atomic E-state index is 11.5. The lowest BCUT2D eigenvalue weighted by molar-refractivity contribution is -0.126. The molecule has 16 heavy (non-hydrogen) atoms. The van der Waals surface area contributed by atoms with Gasteiger partial charge < -0.3 is 15.4 Å². The van der Waals surface area contributed by atoms with Gasteiger partial charge in [-0.15, -0.1) is 6.58 Å². The van der Waals surface area contributed by atoms with Crippen molar-refractivity contribution in [2.75, 3.05) is 26.3 Å². The van der Waals surface area contributed by atoms with Crippen molar-refractivity contribution >= 4 is 11.8 Å². The normalized spacial score (nSPS) is 19.2. The molecule has 1 heterocycles. The summed E-state index contributed by atoms with van der Waals surface area (Å²) in [5.41, 5.74) is 0. The highest BCUT2D eigenvalue weighted by Crippen LogP contribution is 2.07. The molecular formula is C11H18N2O3. The molecule has 0 aromatic heterocycles. The van der Waals surface area contributed by atoms with Crippen molar-refractivity contribution in [1.82, 2.24) is 10.6 Å². The molecule has 1 rings (SSSR count). The molecule has 2 amide bonds. The first-order valence-corrected chi connectivity index (χ1v) is 5.47. The van der Waals surface area contributed by atoms with Crippen LogP contribution in [0, 0.1) is 5.92 Å². The predicted octanol–water partition coefficient (Wildman–Crippen LogP) is -0.169. The Morgan fingerprint density at radius 1 is 1.62 bits per heavy atom. The third kappa shape index (κ3) is 4.44. The zero-order valence-corrected chi connectivity index (χ0v) is 9.33. The third-order valence-corrected chi connectivity index (χ3v) is 2.36. The smallest absolute Gasteiger partial charge is 0.225 e. The van der Waals surface area contributed by atoms with Crippen LogP contribution in [0.15, 0.2) is 12.7 Å². The average molecular weight is 226 g/mol. The van der Waals surface area contributed by atoms with Gasteiger partial charge in [-0.25, -0.2) is 0 Å². The lowest BCUT2D eigenvalue weighted by Gasteiger charge is -2.09. The highest BCUT2D eigenvalue weighted by Gasteiger charge is 2.27. The van der Waals surface area contributed by atoms with Gasteiger partial charge in [0.15, 0.2) is 0 Å². The Balaban J connectivity index is 2.02. The van der Waals surface area contributed by atoms with Gasteiger partial charge in [-0.2, -0.15) is 0 Å². The van der Waals surface area contributed by atoms with Gasteiger partial charge in [-0.3, -0.25) is 9.59 Å². The highest BCUT2D eigenvalue weighted by atomic mass is 16.5. The quantitative estimate of drug-likeness (QED) is 0.468. The van der Waals surface area contributed by atoms with Crippen molar-refractivity contribution in [2.24, 2.45) is 5.92 Å². The molecule has 1 aliphatic heterocycles. The Bertz CT molecular complexity index is 266. The van der Waals surface area contributed by atoms with E-state index < -0.39 is 0 Å². The van der Waals surface area contributed by atoms with Gasteiger partial charge in [0.2, 0.25) is 11.8 Å². The van der Waals surface area contributed by atoms with E-state index in [9.17, 15) is 9.59 Å². The van der Waals surface area contributed by atoms with Crippen LogP contribution in [0.25, 0.3) is 0 Å². The summed E-state index contributed by atoms with van der Waals surface area (Å²) in [6.45, 7) is 5.63. The summed E-state index contributed by atoms with van der Waals surface area (Å²) in [6.07, 6.45) is 2.90. The van der Waals surface area contributed by atoms with Crippen LogP contribution < -0.4 is 10.6 Å². The minimum Gasteiger partial charge on any atom is -0.379 e. The molecule has 0 radical (unpaired) electrons. The third-order valence-electron chi connectivity index (χ3n) is 2.36. The predicted molar refractivity (Wildman–Crippen MR) is 59.8 cm³/mol. The lowest BCUT2D eigenvalue weighted by Crippen LogP contribution is -2.34. The molecule has 1 saturated heterocycles. The first kappa shape index (κ1) is 12.7. The number of carbonyl (C=O) groups is 2. The van der Waals surface area contributed by atoms with Crippen LogP contribution in [0.4, 0.5) is 0 Å². The summed E-state index contributed by atoms with van der Waals surface area (Å²) < 4.78 is 5.24. The molecule has 0 saturated carbocycles. The Morgan fingerprint density at radius 2 is 2.44 bits per heavy atom. The number of hydrogen-bond donors (Lipinski definition) is 2. The van der Waals surface area contributed by atoms with Crippen LogP contribution in [0.5, 0.6) is 0 Å². The largest absolute Gasteiger partial charge is 0.379 e. The number of rotatable bonds is 7. The van der Waals surface area contributed by atoms with Crippen molar-refractivity contribution in [3.8, 4) is 0 Å². The highest BCUT2D eigenvalue weighted by molar-refractivity contribution is 5.89. The number of amides is 2. The maximum absolute atomic E-state index is 11.5. The molecule has 2 N–H and O–H groups in total. The molecule has 0 aliphatic carbocycles. The SMILES string of the molecule is C=CCCOCCNC(=O)C1CNC(=O)C1. The zero-order chi connectivity index (χ0) is 11.8. The van der Waals surface area contributed by atoms with E-state index in [0.717, 1.165) is 6.42 Å². The molecule has 1 atom stereocenters. The first-order chi connectivity index (χ1) is 7.74. The molecule has 1 unspecified atom stereocenters. The van der Waals surface area contributed by atoms with E-state index >= 15 is 0 Å². The van der Waals surface area contributed by atoms with Gasteiger partial charge in [0.1, 0.15) is 0 Å². The molecule has 1 aliphatic rings. The molecule has 0 bridgehead atoms. The van der Waals surface area contributed by atoms with Crippen LogP contribution in [-0.2, 0) is 14.3 Å². The number of carbonyl (C=O) groups excluding carboxylic acids is 2. The number of hydrogen-bond acceptors (Lipinski definition) is 3. The lowest BCUT2D eigenvalue weighted by atomic mass is 10.1. The second kappa shape index (κ2) is 7.00. The molecule has 5 heteroatoms. The molecule has 90 valence electrons. The summed E-state index contributed by atoms with van der Waals surface area (Å²) in [5, 5.41) is 5.37. The topological polar surface area (TPSA) is 67.4 Å². The van der Waals surface area contributed by atoms with E-state index in [1.807, 2.05) is 0 Å². The summed E-state index contributed by atoms with van der Waals surface area (Å²) in [7, 11) is 0. The van der Waals surface area contributed by atoms with Crippen molar-refractivity contribution in [3.63, 3.8) is 0 Å². The van der Waals surface area contributed by atoms with Crippen molar-refractivity contribution in [3.05, 3.63) is 12.7 Å². The van der Waals surface area contributed by atoms with E-state index in [4.69, 9.17) is 4.74 Å². The minimum atomic E-state index is -0.222. The fraction of sp³-hybridized carbons (Fsp3) is 0.636. The van der Waals surface area contributed by atoms with Gasteiger partial charge in [-0.1, -0.05) is 6.08 Å². The molecule has 0 aromatic rings. The van der Waals surface area contributed by atoms with Crippen LogP contribution in [0.3, 0.4) is 0 Å². The van der Waals surface area contributed by atoms with Crippen LogP contribution in [0.1, 0.15) is 12.8 Å². The summed E-state index contributed by atoms with van der Waals surface area (Å²) in [6, 6.07) is 0. The second-order valence-corrected chi connectivity index (χ2v) is 3.69. The summed E-state index contributed by atoms with van der Waals surface area (Å²) >= 11 is 0. The van der Waals surface area contributed by atoms with Crippen molar-refractivity contribution < 1.29 is 14.3 Å². The second-order valence-electron chi connectivity index (χ2n) is 3.69. The Kier molecular flexibility index (Phi) is 5.56. The summed E-state index contributed by atoms with van der Waals surface area (Å²) in [4.78, 5) is 22.4. The number of nitrogens with one attached hydrogen (secondary N) is 2. The molecule has 1 fully saturated rings. The molecule has 0 aromatic carbocycles. The minimum absolute atomic E-state index is 0.0533. The van der Waals surface area contributed by atoms with Gasteiger partial charge in [0.05, 0.1) is 19.1 Å². The fourth-order valence-corrected chi connectivity index (χ4v) is 1.45. The van der Waals surface area contributed by atoms with Crippen molar-refractivity contribution in [1.29, 1.82) is 0 Å². The van der Waals surface area contributed by atoms with E-state index in [0.29, 0.717) is 32.7 Å². The zero-order valence-electron chi connectivity index (χ0n) is 9.33. The van der Waals surface area contributed by atoms with E-state index in [-0.39, 0.29) is 17.7 Å². The van der Waals surface area contributed by atoms with Crippen molar-refractivity contribution in [2.45, 2.75) is 12.8 Å². The Labute approximate surface area is 95.2 Å². The van der Waals surface area contributed by atoms with E-state index in [1.165, 1.54) is 0 Å². The van der Waals surface area contributed by atoms with Crippen LogP contribution in [0.2, 0.25) is 0 Å². The maximum Gasteiger partial charge on any atom is 0.225 e. The van der Waals surface area contributed by atoms with Crippen LogP contribution >= 0.6 is 0 Å². The summed E-state index contributed by atoms with van der Waals surface area (Å²) in [5.74, 6) is -0.353. The van der Waals surface area contributed by atoms with Crippen LogP contribution in [-0.4, -0.2) is 38.1 Å². The molecular weight excluding hydrogens is 208 g/mol. The molecule has 0 spiro atoms. The van der Waals surface area contributed by atoms with E-state index in [2.05, 4.69) is 17.2 Å². The van der Waals surface area contributed by atoms with Gasteiger partial charge >= 0.3 is 0 Å². The average Bonchev–Trinajstić information content (AvgIpc) is 2.70.